The van der Waals surface area contributed by atoms with E-state index >= 15 is 0 Å². The highest BCUT2D eigenvalue weighted by Crippen LogP contribution is 2.16. The lowest BCUT2D eigenvalue weighted by atomic mass is 10.1. The van der Waals surface area contributed by atoms with Gasteiger partial charge in [0.1, 0.15) is 5.75 Å². The first-order chi connectivity index (χ1) is 9.35. The predicted octanol–water partition coefficient (Wildman–Crippen LogP) is 1.62. The van der Waals surface area contributed by atoms with E-state index < -0.39 is 16.0 Å². The molecule has 0 radical (unpaired) electrons. The number of ether oxygens (including phenoxy) is 1. The molecule has 1 rings (SSSR count). The molecule has 1 atom stereocenters. The topological polar surface area (TPSA) is 92.7 Å². The predicted molar refractivity (Wildman–Crippen MR) is 74.3 cm³/mol. The first kappa shape index (κ1) is 16.5. The van der Waals surface area contributed by atoms with Gasteiger partial charge in [-0.3, -0.25) is 4.79 Å². The van der Waals surface area contributed by atoms with E-state index in [9.17, 15) is 13.2 Å². The Morgan fingerprint density at radius 2 is 1.95 bits per heavy atom. The third kappa shape index (κ3) is 5.18. The molecule has 0 aliphatic heterocycles. The van der Waals surface area contributed by atoms with Gasteiger partial charge in [0.25, 0.3) is 0 Å². The minimum atomic E-state index is -3.59. The lowest BCUT2D eigenvalue weighted by molar-refractivity contribution is -0.137. The number of aliphatic carboxylic acids is 1. The van der Waals surface area contributed by atoms with E-state index in [1.165, 1.54) is 19.2 Å². The molecule has 1 aromatic rings. The van der Waals surface area contributed by atoms with Gasteiger partial charge in [0.15, 0.2) is 0 Å². The summed E-state index contributed by atoms with van der Waals surface area (Å²) in [6, 6.07) is 5.75. The maximum atomic E-state index is 12.1. The van der Waals surface area contributed by atoms with E-state index in [2.05, 4.69) is 4.72 Å². The normalized spacial score (nSPS) is 12.9. The fraction of sp³-hybridized carbons (Fsp3) is 0.462. The average molecular weight is 301 g/mol. The van der Waals surface area contributed by atoms with Crippen LogP contribution in [-0.2, 0) is 14.8 Å². The summed E-state index contributed by atoms with van der Waals surface area (Å²) in [5.41, 5.74) is 0. The number of hydrogen-bond acceptors (Lipinski definition) is 4. The van der Waals surface area contributed by atoms with Crippen LogP contribution in [0.4, 0.5) is 0 Å². The van der Waals surface area contributed by atoms with E-state index in [-0.39, 0.29) is 17.4 Å². The zero-order valence-electron chi connectivity index (χ0n) is 11.5. The van der Waals surface area contributed by atoms with Crippen molar-refractivity contribution in [2.24, 2.45) is 0 Å². The molecule has 112 valence electrons. The molecule has 2 N–H and O–H groups in total. The van der Waals surface area contributed by atoms with Gasteiger partial charge >= 0.3 is 5.97 Å². The minimum Gasteiger partial charge on any atom is -0.497 e. The summed E-state index contributed by atoms with van der Waals surface area (Å²) in [6.07, 6.45) is 0.942. The van der Waals surface area contributed by atoms with Crippen LogP contribution in [0.1, 0.15) is 26.2 Å². The zero-order chi connectivity index (χ0) is 15.2. The summed E-state index contributed by atoms with van der Waals surface area (Å²) in [4.78, 5) is 10.6. The van der Waals surface area contributed by atoms with Crippen LogP contribution in [0.5, 0.6) is 5.75 Å². The second-order valence-electron chi connectivity index (χ2n) is 4.48. The molecule has 0 heterocycles. The smallest absolute Gasteiger partial charge is 0.303 e. The van der Waals surface area contributed by atoms with E-state index in [0.717, 1.165) is 0 Å². The van der Waals surface area contributed by atoms with Crippen LogP contribution in [0.3, 0.4) is 0 Å². The van der Waals surface area contributed by atoms with Crippen LogP contribution in [-0.4, -0.2) is 32.6 Å². The molecule has 20 heavy (non-hydrogen) atoms. The van der Waals surface area contributed by atoms with Crippen molar-refractivity contribution in [3.05, 3.63) is 24.3 Å². The van der Waals surface area contributed by atoms with Gasteiger partial charge in [-0.2, -0.15) is 0 Å². The lowest BCUT2D eigenvalue weighted by Crippen LogP contribution is -2.32. The Morgan fingerprint density at radius 1 is 1.35 bits per heavy atom. The van der Waals surface area contributed by atoms with Crippen LogP contribution in [0.2, 0.25) is 0 Å². The van der Waals surface area contributed by atoms with Gasteiger partial charge in [0.05, 0.1) is 12.0 Å². The average Bonchev–Trinajstić information content (AvgIpc) is 2.37. The summed E-state index contributed by atoms with van der Waals surface area (Å²) in [5.74, 6) is -0.298. The first-order valence-electron chi connectivity index (χ1n) is 6.23. The third-order valence-corrected chi connectivity index (χ3v) is 4.36. The zero-order valence-corrected chi connectivity index (χ0v) is 12.3. The van der Waals surface area contributed by atoms with Crippen LogP contribution >= 0.6 is 0 Å². The Labute approximate surface area is 118 Å². The molecule has 0 spiro atoms. The van der Waals surface area contributed by atoms with Crippen LogP contribution in [0.15, 0.2) is 29.2 Å². The highest BCUT2D eigenvalue weighted by Gasteiger charge is 2.17. The van der Waals surface area contributed by atoms with Crippen LogP contribution in [0, 0.1) is 0 Å². The van der Waals surface area contributed by atoms with Gasteiger partial charge in [-0.15, -0.1) is 0 Å². The summed E-state index contributed by atoms with van der Waals surface area (Å²) < 4.78 is 31.6. The lowest BCUT2D eigenvalue weighted by Gasteiger charge is -2.14. The maximum absolute atomic E-state index is 12.1. The number of rotatable bonds is 8. The van der Waals surface area contributed by atoms with Crippen molar-refractivity contribution < 1.29 is 23.1 Å². The Balaban J connectivity index is 2.61. The fourth-order valence-electron chi connectivity index (χ4n) is 1.71. The van der Waals surface area contributed by atoms with Crippen molar-refractivity contribution in [3.8, 4) is 5.75 Å². The van der Waals surface area contributed by atoms with Gasteiger partial charge in [-0.25, -0.2) is 13.1 Å². The Morgan fingerprint density at radius 3 is 2.45 bits per heavy atom. The first-order valence-corrected chi connectivity index (χ1v) is 7.71. The molecule has 6 nitrogen and oxygen atoms in total. The molecule has 0 amide bonds. The van der Waals surface area contributed by atoms with Crippen molar-refractivity contribution in [2.45, 2.75) is 37.1 Å². The maximum Gasteiger partial charge on any atom is 0.303 e. The molecule has 0 aromatic heterocycles. The fourth-order valence-corrected chi connectivity index (χ4v) is 2.98. The Bertz CT molecular complexity index is 538. The van der Waals surface area contributed by atoms with Gasteiger partial charge in [-0.1, -0.05) is 0 Å². The molecule has 0 aliphatic rings. The Kier molecular flexibility index (Phi) is 5.97. The van der Waals surface area contributed by atoms with Crippen molar-refractivity contribution in [2.75, 3.05) is 7.11 Å². The molecule has 7 heteroatoms. The number of nitrogens with one attached hydrogen (secondary N) is 1. The van der Waals surface area contributed by atoms with Gasteiger partial charge in [-0.05, 0) is 44.0 Å². The second-order valence-corrected chi connectivity index (χ2v) is 6.20. The molecule has 0 saturated carbocycles. The van der Waals surface area contributed by atoms with Crippen molar-refractivity contribution >= 4 is 16.0 Å². The van der Waals surface area contributed by atoms with E-state index in [4.69, 9.17) is 9.84 Å². The number of carbonyl (C=O) groups is 1. The van der Waals surface area contributed by atoms with Gasteiger partial charge in [0.2, 0.25) is 10.0 Å². The van der Waals surface area contributed by atoms with Crippen molar-refractivity contribution in [1.29, 1.82) is 0 Å². The number of benzene rings is 1. The van der Waals surface area contributed by atoms with Crippen molar-refractivity contribution in [3.63, 3.8) is 0 Å². The number of hydrogen-bond donors (Lipinski definition) is 2. The van der Waals surface area contributed by atoms with Crippen LogP contribution < -0.4 is 9.46 Å². The number of sulfonamides is 1. The molecule has 0 fully saturated rings. The number of carboxylic acid groups (broad SMARTS) is 1. The highest BCUT2D eigenvalue weighted by atomic mass is 32.2. The van der Waals surface area contributed by atoms with E-state index in [1.807, 2.05) is 0 Å². The number of methoxy groups -OCH3 is 1. The van der Waals surface area contributed by atoms with Gasteiger partial charge in [0, 0.05) is 12.5 Å². The second kappa shape index (κ2) is 7.25. The van der Waals surface area contributed by atoms with E-state index in [1.54, 1.807) is 19.1 Å². The third-order valence-electron chi connectivity index (χ3n) is 2.75. The van der Waals surface area contributed by atoms with Gasteiger partial charge < -0.3 is 9.84 Å². The SMILES string of the molecule is COc1ccc(S(=O)(=O)NC(C)CCCC(=O)O)cc1. The molecular weight excluding hydrogens is 282 g/mol. The monoisotopic (exact) mass is 301 g/mol. The molecule has 1 unspecified atom stereocenters. The molecule has 0 aliphatic carbocycles. The molecule has 0 bridgehead atoms. The standard InChI is InChI=1S/C13H19NO5S/c1-10(4-3-5-13(15)16)14-20(17,18)12-8-6-11(19-2)7-9-12/h6-10,14H,3-5H2,1-2H3,(H,15,16). The van der Waals surface area contributed by atoms with E-state index in [0.29, 0.717) is 18.6 Å². The minimum absolute atomic E-state index is 0.0363. The van der Waals surface area contributed by atoms with Crippen LogP contribution in [0.25, 0.3) is 0 Å². The Hall–Kier alpha value is -1.60. The molecular formula is C13H19NO5S. The quantitative estimate of drug-likeness (QED) is 0.761. The number of carboxylic acids is 1. The van der Waals surface area contributed by atoms with Crippen molar-refractivity contribution in [1.82, 2.24) is 4.72 Å². The largest absolute Gasteiger partial charge is 0.497 e. The molecule has 0 saturated heterocycles. The molecule has 1 aromatic carbocycles. The summed E-state index contributed by atoms with van der Waals surface area (Å²) >= 11 is 0. The highest BCUT2D eigenvalue weighted by molar-refractivity contribution is 7.89. The summed E-state index contributed by atoms with van der Waals surface area (Å²) in [5, 5.41) is 8.54. The summed E-state index contributed by atoms with van der Waals surface area (Å²) in [6.45, 7) is 1.71. The summed E-state index contributed by atoms with van der Waals surface area (Å²) in [7, 11) is -2.08.